The quantitative estimate of drug-likeness (QED) is 0.543. The van der Waals surface area contributed by atoms with Crippen molar-refractivity contribution in [2.45, 2.75) is 20.5 Å². The molecule has 3 rings (SSSR count). The number of hydrogen-bond acceptors (Lipinski definition) is 6. The Bertz CT molecular complexity index is 1110. The van der Waals surface area contributed by atoms with E-state index >= 15 is 0 Å². The normalized spacial score (nSPS) is 10.5. The van der Waals surface area contributed by atoms with Crippen molar-refractivity contribution in [1.82, 2.24) is 10.1 Å². The molecule has 32 heavy (non-hydrogen) atoms. The monoisotopic (exact) mass is 457 g/mol. The van der Waals surface area contributed by atoms with Gasteiger partial charge in [-0.05, 0) is 50.2 Å². The Morgan fingerprint density at radius 3 is 2.66 bits per heavy atom. The van der Waals surface area contributed by atoms with Crippen LogP contribution in [0.5, 0.6) is 11.5 Å². The molecule has 0 fully saturated rings. The number of halogens is 1. The van der Waals surface area contributed by atoms with E-state index in [2.05, 4.69) is 10.5 Å². The molecule has 9 heteroatoms. The lowest BCUT2D eigenvalue weighted by atomic mass is 10.2. The Morgan fingerprint density at radius 2 is 1.97 bits per heavy atom. The topological polar surface area (TPSA) is 93.9 Å². The molecular weight excluding hydrogens is 434 g/mol. The summed E-state index contributed by atoms with van der Waals surface area (Å²) in [5.41, 5.74) is 2.46. The molecule has 0 aliphatic carbocycles. The van der Waals surface area contributed by atoms with E-state index in [9.17, 15) is 9.59 Å². The molecule has 0 spiro atoms. The third-order valence-corrected chi connectivity index (χ3v) is 5.04. The van der Waals surface area contributed by atoms with E-state index in [1.54, 1.807) is 49.5 Å². The van der Waals surface area contributed by atoms with E-state index in [1.165, 1.54) is 12.0 Å². The van der Waals surface area contributed by atoms with Gasteiger partial charge >= 0.3 is 0 Å². The number of aryl methyl sites for hydroxylation is 2. The van der Waals surface area contributed by atoms with Crippen molar-refractivity contribution >= 4 is 29.1 Å². The second-order valence-corrected chi connectivity index (χ2v) is 7.61. The molecule has 0 aliphatic heterocycles. The van der Waals surface area contributed by atoms with Gasteiger partial charge in [-0.1, -0.05) is 22.8 Å². The predicted molar refractivity (Wildman–Crippen MR) is 120 cm³/mol. The molecule has 0 atom stereocenters. The predicted octanol–water partition coefficient (Wildman–Crippen LogP) is 4.24. The zero-order valence-electron chi connectivity index (χ0n) is 18.3. The summed E-state index contributed by atoms with van der Waals surface area (Å²) in [5, 5.41) is 7.07. The van der Waals surface area contributed by atoms with Crippen molar-refractivity contribution in [2.75, 3.05) is 26.0 Å². The van der Waals surface area contributed by atoms with Gasteiger partial charge in [0.25, 0.3) is 5.91 Å². The van der Waals surface area contributed by atoms with Crippen LogP contribution in [0, 0.1) is 13.8 Å². The molecule has 8 nitrogen and oxygen atoms in total. The third kappa shape index (κ3) is 5.59. The fraction of sp³-hybridized carbons (Fsp3) is 0.261. The van der Waals surface area contributed by atoms with Gasteiger partial charge in [0.1, 0.15) is 23.9 Å². The highest BCUT2D eigenvalue weighted by atomic mass is 35.5. The van der Waals surface area contributed by atoms with Crippen LogP contribution >= 0.6 is 11.6 Å². The number of ether oxygens (including phenoxy) is 2. The standard InChI is InChI=1S/C23H24ClN3O5/c1-14-19(15(2)32-26-14)13-31-18-7-5-6-16(10-18)23(29)27(3)12-22(28)25-20-11-17(24)8-9-21(20)30-4/h5-11H,12-13H2,1-4H3,(H,25,28). The molecule has 0 saturated carbocycles. The van der Waals surface area contributed by atoms with Crippen LogP contribution in [0.1, 0.15) is 27.4 Å². The van der Waals surface area contributed by atoms with Crippen molar-refractivity contribution in [3.8, 4) is 11.5 Å². The van der Waals surface area contributed by atoms with Crippen LogP contribution < -0.4 is 14.8 Å². The fourth-order valence-corrected chi connectivity index (χ4v) is 3.23. The van der Waals surface area contributed by atoms with Crippen molar-refractivity contribution in [2.24, 2.45) is 0 Å². The summed E-state index contributed by atoms with van der Waals surface area (Å²) in [4.78, 5) is 26.6. The molecule has 0 radical (unpaired) electrons. The number of nitrogens with one attached hydrogen (secondary N) is 1. The molecule has 1 heterocycles. The number of amides is 2. The first-order chi connectivity index (χ1) is 15.3. The minimum absolute atomic E-state index is 0.154. The van der Waals surface area contributed by atoms with E-state index in [0.29, 0.717) is 33.5 Å². The Kier molecular flexibility index (Phi) is 7.37. The van der Waals surface area contributed by atoms with E-state index in [4.69, 9.17) is 25.6 Å². The van der Waals surface area contributed by atoms with Crippen LogP contribution in [0.4, 0.5) is 5.69 Å². The van der Waals surface area contributed by atoms with Gasteiger partial charge in [-0.25, -0.2) is 0 Å². The minimum Gasteiger partial charge on any atom is -0.495 e. The average molecular weight is 458 g/mol. The van der Waals surface area contributed by atoms with Crippen LogP contribution in [0.25, 0.3) is 0 Å². The second-order valence-electron chi connectivity index (χ2n) is 7.17. The molecule has 1 aromatic heterocycles. The molecular formula is C23H24ClN3O5. The van der Waals surface area contributed by atoms with E-state index in [1.807, 2.05) is 13.8 Å². The number of carbonyl (C=O) groups excluding carboxylic acids is 2. The Morgan fingerprint density at radius 1 is 1.19 bits per heavy atom. The highest BCUT2D eigenvalue weighted by molar-refractivity contribution is 6.31. The third-order valence-electron chi connectivity index (χ3n) is 4.81. The Hall–Kier alpha value is -3.52. The second kappa shape index (κ2) is 10.2. The van der Waals surface area contributed by atoms with Crippen molar-refractivity contribution in [3.63, 3.8) is 0 Å². The number of methoxy groups -OCH3 is 1. The maximum atomic E-state index is 12.8. The molecule has 1 N–H and O–H groups in total. The summed E-state index contributed by atoms with van der Waals surface area (Å²) in [6, 6.07) is 11.7. The lowest BCUT2D eigenvalue weighted by Crippen LogP contribution is -2.35. The summed E-state index contributed by atoms with van der Waals surface area (Å²) in [5.74, 6) is 0.988. The smallest absolute Gasteiger partial charge is 0.254 e. The molecule has 3 aromatic rings. The van der Waals surface area contributed by atoms with Gasteiger partial charge in [0.15, 0.2) is 0 Å². The first-order valence-electron chi connectivity index (χ1n) is 9.82. The molecule has 0 bridgehead atoms. The molecule has 2 aromatic carbocycles. The minimum atomic E-state index is -0.382. The molecule has 0 saturated heterocycles. The van der Waals surface area contributed by atoms with Crippen molar-refractivity contribution < 1.29 is 23.6 Å². The Labute approximate surface area is 191 Å². The van der Waals surface area contributed by atoms with Crippen LogP contribution in [0.3, 0.4) is 0 Å². The van der Waals surface area contributed by atoms with E-state index in [-0.39, 0.29) is 25.0 Å². The summed E-state index contributed by atoms with van der Waals surface area (Å²) in [6.07, 6.45) is 0. The number of rotatable bonds is 8. The van der Waals surface area contributed by atoms with Crippen molar-refractivity contribution in [3.05, 3.63) is 70.1 Å². The number of hydrogen-bond donors (Lipinski definition) is 1. The largest absolute Gasteiger partial charge is 0.495 e. The highest BCUT2D eigenvalue weighted by Gasteiger charge is 2.17. The van der Waals surface area contributed by atoms with Gasteiger partial charge in [-0.2, -0.15) is 0 Å². The average Bonchev–Trinajstić information content (AvgIpc) is 3.09. The maximum absolute atomic E-state index is 12.8. The number of anilines is 1. The summed E-state index contributed by atoms with van der Waals surface area (Å²) >= 11 is 5.99. The van der Waals surface area contributed by atoms with Crippen LogP contribution in [-0.4, -0.2) is 42.6 Å². The number of aromatic nitrogens is 1. The summed E-state index contributed by atoms with van der Waals surface area (Å²) in [6.45, 7) is 3.78. The number of nitrogens with zero attached hydrogens (tertiary/aromatic N) is 2. The van der Waals surface area contributed by atoms with Crippen LogP contribution in [0.2, 0.25) is 5.02 Å². The van der Waals surface area contributed by atoms with E-state index in [0.717, 1.165) is 11.3 Å². The SMILES string of the molecule is COc1ccc(Cl)cc1NC(=O)CN(C)C(=O)c1cccc(OCc2c(C)noc2C)c1. The van der Waals surface area contributed by atoms with Crippen LogP contribution in [-0.2, 0) is 11.4 Å². The van der Waals surface area contributed by atoms with Crippen molar-refractivity contribution in [1.29, 1.82) is 0 Å². The van der Waals surface area contributed by atoms with Gasteiger partial charge in [0, 0.05) is 17.6 Å². The number of likely N-dealkylation sites (N-methyl/N-ethyl adjacent to an activating group) is 1. The first kappa shape index (κ1) is 23.1. The molecule has 2 amide bonds. The Balaban J connectivity index is 1.62. The fourth-order valence-electron chi connectivity index (χ4n) is 3.06. The maximum Gasteiger partial charge on any atom is 0.254 e. The molecule has 0 unspecified atom stereocenters. The lowest BCUT2D eigenvalue weighted by Gasteiger charge is -2.18. The van der Waals surface area contributed by atoms with Crippen LogP contribution in [0.15, 0.2) is 47.0 Å². The highest BCUT2D eigenvalue weighted by Crippen LogP contribution is 2.27. The zero-order valence-corrected chi connectivity index (χ0v) is 19.0. The summed E-state index contributed by atoms with van der Waals surface area (Å²) in [7, 11) is 3.05. The van der Waals surface area contributed by atoms with Gasteiger partial charge in [-0.15, -0.1) is 0 Å². The van der Waals surface area contributed by atoms with Gasteiger partial charge in [0.05, 0.1) is 30.6 Å². The van der Waals surface area contributed by atoms with Gasteiger partial charge in [-0.3, -0.25) is 9.59 Å². The van der Waals surface area contributed by atoms with Gasteiger partial charge in [0.2, 0.25) is 5.91 Å². The lowest BCUT2D eigenvalue weighted by molar-refractivity contribution is -0.116. The van der Waals surface area contributed by atoms with E-state index < -0.39 is 0 Å². The zero-order chi connectivity index (χ0) is 23.3. The first-order valence-corrected chi connectivity index (χ1v) is 10.2. The van der Waals surface area contributed by atoms with Gasteiger partial charge < -0.3 is 24.2 Å². The summed E-state index contributed by atoms with van der Waals surface area (Å²) < 4.78 is 16.2. The number of benzene rings is 2. The molecule has 0 aliphatic rings. The number of carbonyl (C=O) groups is 2. The molecule has 168 valence electrons.